The van der Waals surface area contributed by atoms with E-state index < -0.39 is 0 Å². The molecule has 0 aliphatic carbocycles. The highest BCUT2D eigenvalue weighted by atomic mass is 16.5. The van der Waals surface area contributed by atoms with Gasteiger partial charge in [-0.05, 0) is 24.7 Å². The van der Waals surface area contributed by atoms with Crippen LogP contribution in [0.1, 0.15) is 32.6 Å². The highest BCUT2D eigenvalue weighted by molar-refractivity contribution is 5.25. The summed E-state index contributed by atoms with van der Waals surface area (Å²) in [5, 5.41) is 8.42. The Labute approximate surface area is 86.7 Å². The summed E-state index contributed by atoms with van der Waals surface area (Å²) >= 11 is 0. The fraction of sp³-hybridized carbons (Fsp3) is 0.667. The predicted octanol–water partition coefficient (Wildman–Crippen LogP) is 1.58. The molecule has 0 heterocycles. The van der Waals surface area contributed by atoms with Crippen molar-refractivity contribution in [2.45, 2.75) is 32.6 Å². The summed E-state index contributed by atoms with van der Waals surface area (Å²) in [5.41, 5.74) is 0. The van der Waals surface area contributed by atoms with Crippen LogP contribution in [-0.4, -0.2) is 24.9 Å². The molecule has 78 valence electrons. The van der Waals surface area contributed by atoms with Gasteiger partial charge in [0, 0.05) is 19.4 Å². The highest BCUT2D eigenvalue weighted by Crippen LogP contribution is 1.87. The maximum absolute atomic E-state index is 8.42. The van der Waals surface area contributed by atoms with Gasteiger partial charge in [-0.3, -0.25) is 0 Å². The number of hydrogen-bond acceptors (Lipinski definition) is 2. The third kappa shape index (κ3) is 11.0. The molecule has 0 aliphatic heterocycles. The third-order valence-electron chi connectivity index (χ3n) is 1.44. The summed E-state index contributed by atoms with van der Waals surface area (Å²) < 4.78 is 5.07. The van der Waals surface area contributed by atoms with Crippen LogP contribution in [0, 0.1) is 23.7 Å². The van der Waals surface area contributed by atoms with Crippen LogP contribution in [0.15, 0.2) is 0 Å². The van der Waals surface area contributed by atoms with Crippen molar-refractivity contribution in [2.24, 2.45) is 0 Å². The lowest BCUT2D eigenvalue weighted by molar-refractivity contribution is 0.0914. The molecule has 0 aliphatic rings. The summed E-state index contributed by atoms with van der Waals surface area (Å²) in [5.74, 6) is 11.5. The minimum absolute atomic E-state index is 0.0914. The molecular weight excluding hydrogens is 176 g/mol. The van der Waals surface area contributed by atoms with E-state index in [1.54, 1.807) is 0 Å². The zero-order valence-electron chi connectivity index (χ0n) is 8.81. The van der Waals surface area contributed by atoms with Gasteiger partial charge in [-0.15, -0.1) is 0 Å². The highest BCUT2D eigenvalue weighted by Gasteiger charge is 1.84. The topological polar surface area (TPSA) is 29.5 Å². The first-order valence-electron chi connectivity index (χ1n) is 5.06. The van der Waals surface area contributed by atoms with Gasteiger partial charge in [0.2, 0.25) is 0 Å². The SMILES string of the molecule is CCCC#CC#CCCCOCCO. The van der Waals surface area contributed by atoms with Crippen LogP contribution in [0.2, 0.25) is 0 Å². The van der Waals surface area contributed by atoms with Crippen molar-refractivity contribution >= 4 is 0 Å². The fourth-order valence-electron chi connectivity index (χ4n) is 0.768. The van der Waals surface area contributed by atoms with Gasteiger partial charge in [0.1, 0.15) is 0 Å². The van der Waals surface area contributed by atoms with Gasteiger partial charge in [-0.25, -0.2) is 0 Å². The Kier molecular flexibility index (Phi) is 11.2. The maximum atomic E-state index is 8.42. The van der Waals surface area contributed by atoms with E-state index in [-0.39, 0.29) is 6.61 Å². The first kappa shape index (κ1) is 13.0. The molecule has 14 heavy (non-hydrogen) atoms. The molecule has 2 heteroatoms. The van der Waals surface area contributed by atoms with Crippen molar-refractivity contribution < 1.29 is 9.84 Å². The minimum atomic E-state index is 0.0914. The first-order chi connectivity index (χ1) is 6.91. The number of aliphatic hydroxyl groups is 1. The molecule has 0 aromatic heterocycles. The van der Waals surface area contributed by atoms with Gasteiger partial charge in [-0.2, -0.15) is 0 Å². The minimum Gasteiger partial charge on any atom is -0.394 e. The summed E-state index contributed by atoms with van der Waals surface area (Å²) in [6.45, 7) is 3.27. The summed E-state index contributed by atoms with van der Waals surface area (Å²) in [6, 6.07) is 0. The number of hydrogen-bond donors (Lipinski definition) is 1. The smallest absolute Gasteiger partial charge is 0.0697 e. The van der Waals surface area contributed by atoms with E-state index >= 15 is 0 Å². The molecule has 0 unspecified atom stereocenters. The Morgan fingerprint density at radius 1 is 1.07 bits per heavy atom. The normalized spacial score (nSPS) is 8.43. The zero-order valence-corrected chi connectivity index (χ0v) is 8.81. The van der Waals surface area contributed by atoms with Crippen LogP contribution in [0.5, 0.6) is 0 Å². The van der Waals surface area contributed by atoms with E-state index in [1.165, 1.54) is 0 Å². The molecule has 0 atom stereocenters. The van der Waals surface area contributed by atoms with Crippen LogP contribution in [0.25, 0.3) is 0 Å². The Balaban J connectivity index is 3.22. The standard InChI is InChI=1S/C12H18O2/c1-2-3-4-5-6-7-8-9-11-14-12-10-13/h13H,2-3,8-12H2,1H3. The van der Waals surface area contributed by atoms with Crippen molar-refractivity contribution in [3.05, 3.63) is 0 Å². The van der Waals surface area contributed by atoms with Crippen molar-refractivity contribution in [2.75, 3.05) is 19.8 Å². The van der Waals surface area contributed by atoms with Crippen LogP contribution in [-0.2, 0) is 4.74 Å². The number of unbranched alkanes of at least 4 members (excludes halogenated alkanes) is 2. The second-order valence-corrected chi connectivity index (χ2v) is 2.79. The van der Waals surface area contributed by atoms with Crippen molar-refractivity contribution in [1.29, 1.82) is 0 Å². The molecule has 0 amide bonds. The molecule has 0 bridgehead atoms. The molecule has 0 rings (SSSR count). The molecule has 0 spiro atoms. The molecular formula is C12H18O2. The molecule has 0 aromatic carbocycles. The van der Waals surface area contributed by atoms with E-state index in [9.17, 15) is 0 Å². The number of aliphatic hydroxyl groups excluding tert-OH is 1. The van der Waals surface area contributed by atoms with Crippen LogP contribution in [0.4, 0.5) is 0 Å². The quantitative estimate of drug-likeness (QED) is 0.514. The Morgan fingerprint density at radius 3 is 2.43 bits per heavy atom. The van der Waals surface area contributed by atoms with E-state index in [0.717, 1.165) is 25.7 Å². The lowest BCUT2D eigenvalue weighted by atomic mass is 10.3. The number of ether oxygens (including phenoxy) is 1. The average molecular weight is 194 g/mol. The van der Waals surface area contributed by atoms with E-state index in [4.69, 9.17) is 9.84 Å². The lowest BCUT2D eigenvalue weighted by Crippen LogP contribution is -1.99. The molecule has 0 saturated heterocycles. The summed E-state index contributed by atoms with van der Waals surface area (Å²) in [4.78, 5) is 0. The van der Waals surface area contributed by atoms with E-state index in [0.29, 0.717) is 13.2 Å². The summed E-state index contributed by atoms with van der Waals surface area (Å²) in [7, 11) is 0. The monoisotopic (exact) mass is 194 g/mol. The van der Waals surface area contributed by atoms with Crippen molar-refractivity contribution in [1.82, 2.24) is 0 Å². The molecule has 1 N–H and O–H groups in total. The van der Waals surface area contributed by atoms with Crippen molar-refractivity contribution in [3.63, 3.8) is 0 Å². The van der Waals surface area contributed by atoms with Gasteiger partial charge in [0.05, 0.1) is 13.2 Å². The Bertz CT molecular complexity index is 224. The van der Waals surface area contributed by atoms with Gasteiger partial charge in [-0.1, -0.05) is 18.8 Å². The second kappa shape index (κ2) is 12.0. The van der Waals surface area contributed by atoms with Crippen LogP contribution in [0.3, 0.4) is 0 Å². The third-order valence-corrected chi connectivity index (χ3v) is 1.44. The largest absolute Gasteiger partial charge is 0.394 e. The predicted molar refractivity (Wildman–Crippen MR) is 57.6 cm³/mol. The second-order valence-electron chi connectivity index (χ2n) is 2.79. The summed E-state index contributed by atoms with van der Waals surface area (Å²) in [6.07, 6.45) is 3.73. The van der Waals surface area contributed by atoms with Gasteiger partial charge < -0.3 is 9.84 Å². The zero-order chi connectivity index (χ0) is 10.5. The Hall–Kier alpha value is -0.960. The molecule has 0 saturated carbocycles. The van der Waals surface area contributed by atoms with Gasteiger partial charge in [0.25, 0.3) is 0 Å². The first-order valence-corrected chi connectivity index (χ1v) is 5.06. The van der Waals surface area contributed by atoms with Gasteiger partial charge in [0.15, 0.2) is 0 Å². The van der Waals surface area contributed by atoms with E-state index in [1.807, 2.05) is 0 Å². The maximum Gasteiger partial charge on any atom is 0.0697 e. The van der Waals surface area contributed by atoms with Gasteiger partial charge >= 0.3 is 0 Å². The van der Waals surface area contributed by atoms with E-state index in [2.05, 4.69) is 30.6 Å². The number of rotatable bonds is 6. The van der Waals surface area contributed by atoms with Crippen LogP contribution < -0.4 is 0 Å². The van der Waals surface area contributed by atoms with Crippen molar-refractivity contribution in [3.8, 4) is 23.7 Å². The molecule has 0 radical (unpaired) electrons. The lowest BCUT2D eigenvalue weighted by Gasteiger charge is -1.97. The average Bonchev–Trinajstić information content (AvgIpc) is 2.21. The molecule has 2 nitrogen and oxygen atoms in total. The van der Waals surface area contributed by atoms with Crippen LogP contribution >= 0.6 is 0 Å². The molecule has 0 fully saturated rings. The fourth-order valence-corrected chi connectivity index (χ4v) is 0.768. The molecule has 0 aromatic rings. The Morgan fingerprint density at radius 2 is 1.79 bits per heavy atom.